The largest absolute Gasteiger partial charge is 0.496 e. The number of hydrogen-bond acceptors (Lipinski definition) is 2. The van der Waals surface area contributed by atoms with Crippen molar-refractivity contribution in [1.82, 2.24) is 0 Å². The van der Waals surface area contributed by atoms with Crippen molar-refractivity contribution >= 4 is 0 Å². The Morgan fingerprint density at radius 2 is 1.81 bits per heavy atom. The predicted octanol–water partition coefficient (Wildman–Crippen LogP) is 4.35. The van der Waals surface area contributed by atoms with Gasteiger partial charge in [0, 0.05) is 10.8 Å². The Labute approximate surface area is 128 Å². The lowest BCUT2D eigenvalue weighted by atomic mass is 9.57. The van der Waals surface area contributed by atoms with Gasteiger partial charge in [-0.05, 0) is 67.9 Å². The molecule has 2 heteroatoms. The van der Waals surface area contributed by atoms with Crippen LogP contribution in [0.5, 0.6) is 5.75 Å². The van der Waals surface area contributed by atoms with Gasteiger partial charge in [0.05, 0.1) is 7.11 Å². The molecule has 116 valence electrons. The molecule has 2 bridgehead atoms. The summed E-state index contributed by atoms with van der Waals surface area (Å²) in [6.07, 6.45) is 3.52. The fourth-order valence-corrected chi connectivity index (χ4v) is 5.33. The van der Waals surface area contributed by atoms with Crippen molar-refractivity contribution in [3.05, 3.63) is 28.8 Å². The van der Waals surface area contributed by atoms with Gasteiger partial charge in [0.1, 0.15) is 11.4 Å². The van der Waals surface area contributed by atoms with Crippen molar-refractivity contribution in [2.75, 3.05) is 7.11 Å². The summed E-state index contributed by atoms with van der Waals surface area (Å²) in [5.41, 5.74) is 2.52. The van der Waals surface area contributed by atoms with E-state index in [2.05, 4.69) is 46.8 Å². The van der Waals surface area contributed by atoms with Gasteiger partial charge in [-0.2, -0.15) is 0 Å². The molecule has 2 saturated carbocycles. The van der Waals surface area contributed by atoms with E-state index in [1.54, 1.807) is 7.11 Å². The molecule has 2 fully saturated rings. The van der Waals surface area contributed by atoms with Crippen molar-refractivity contribution in [1.29, 1.82) is 0 Å². The Hall–Kier alpha value is -1.02. The smallest absolute Gasteiger partial charge is 0.122 e. The highest BCUT2D eigenvalue weighted by molar-refractivity contribution is 5.47. The van der Waals surface area contributed by atoms with E-state index in [1.165, 1.54) is 6.42 Å². The first-order chi connectivity index (χ1) is 9.67. The standard InChI is InChI=1S/C19H28O2/c1-12-10-16(21-6)13(2)9-15(12)19(20)17(3,4)14-7-8-18(19,5)11-14/h9-10,14,20H,7-8,11H2,1-6H3. The Bertz CT molecular complexity index is 583. The predicted molar refractivity (Wildman–Crippen MR) is 85.6 cm³/mol. The lowest BCUT2D eigenvalue weighted by molar-refractivity contribution is -0.151. The summed E-state index contributed by atoms with van der Waals surface area (Å²) in [7, 11) is 1.71. The minimum Gasteiger partial charge on any atom is -0.496 e. The topological polar surface area (TPSA) is 29.5 Å². The zero-order chi connectivity index (χ0) is 15.6. The van der Waals surface area contributed by atoms with Crippen molar-refractivity contribution in [2.45, 2.75) is 59.5 Å². The third-order valence-electron chi connectivity index (χ3n) is 6.70. The van der Waals surface area contributed by atoms with E-state index in [0.717, 1.165) is 35.3 Å². The monoisotopic (exact) mass is 288 g/mol. The SMILES string of the molecule is COc1cc(C)c(C2(O)C3(C)CCC(C3)C2(C)C)cc1C. The number of aliphatic hydroxyl groups is 1. The van der Waals surface area contributed by atoms with E-state index in [9.17, 15) is 5.11 Å². The molecule has 21 heavy (non-hydrogen) atoms. The summed E-state index contributed by atoms with van der Waals surface area (Å²) < 4.78 is 5.43. The van der Waals surface area contributed by atoms with Crippen LogP contribution in [0.2, 0.25) is 0 Å². The average Bonchev–Trinajstić information content (AvgIpc) is 2.89. The molecule has 0 saturated heterocycles. The second kappa shape index (κ2) is 4.25. The molecule has 2 aliphatic carbocycles. The molecular weight excluding hydrogens is 260 g/mol. The molecule has 1 N–H and O–H groups in total. The first kappa shape index (κ1) is 14.9. The zero-order valence-electron chi connectivity index (χ0n) is 14.2. The van der Waals surface area contributed by atoms with Crippen LogP contribution in [0.25, 0.3) is 0 Å². The third kappa shape index (κ3) is 1.63. The van der Waals surface area contributed by atoms with Gasteiger partial charge in [-0.25, -0.2) is 0 Å². The molecule has 3 rings (SSSR count). The maximum atomic E-state index is 11.9. The van der Waals surface area contributed by atoms with Gasteiger partial charge in [0.25, 0.3) is 0 Å². The van der Waals surface area contributed by atoms with Crippen LogP contribution in [0.1, 0.15) is 56.7 Å². The van der Waals surface area contributed by atoms with Gasteiger partial charge in [-0.1, -0.05) is 20.8 Å². The molecule has 0 aliphatic heterocycles. The highest BCUT2D eigenvalue weighted by Crippen LogP contribution is 2.72. The number of methoxy groups -OCH3 is 1. The summed E-state index contributed by atoms with van der Waals surface area (Å²) in [5.74, 6) is 1.53. The van der Waals surface area contributed by atoms with E-state index < -0.39 is 5.60 Å². The quantitative estimate of drug-likeness (QED) is 0.877. The van der Waals surface area contributed by atoms with E-state index in [4.69, 9.17) is 4.74 Å². The number of ether oxygens (including phenoxy) is 1. The van der Waals surface area contributed by atoms with E-state index in [0.29, 0.717) is 5.92 Å². The molecule has 3 atom stereocenters. The minimum absolute atomic E-state index is 0.00699. The summed E-state index contributed by atoms with van der Waals surface area (Å²) in [6, 6.07) is 4.23. The maximum absolute atomic E-state index is 11.9. The van der Waals surface area contributed by atoms with Crippen LogP contribution in [0.4, 0.5) is 0 Å². The summed E-state index contributed by atoms with van der Waals surface area (Å²) >= 11 is 0. The number of aryl methyl sites for hydroxylation is 2. The van der Waals surface area contributed by atoms with Gasteiger partial charge in [-0.3, -0.25) is 0 Å². The Kier molecular flexibility index (Phi) is 3.02. The van der Waals surface area contributed by atoms with E-state index >= 15 is 0 Å². The van der Waals surface area contributed by atoms with Crippen LogP contribution < -0.4 is 4.74 Å². The van der Waals surface area contributed by atoms with Crippen LogP contribution in [0, 0.1) is 30.6 Å². The van der Waals surface area contributed by atoms with Crippen LogP contribution in [-0.2, 0) is 5.60 Å². The molecule has 1 aromatic rings. The van der Waals surface area contributed by atoms with Gasteiger partial charge >= 0.3 is 0 Å². The van der Waals surface area contributed by atoms with Crippen molar-refractivity contribution in [3.63, 3.8) is 0 Å². The number of benzene rings is 1. The summed E-state index contributed by atoms with van der Waals surface area (Å²) in [4.78, 5) is 0. The lowest BCUT2D eigenvalue weighted by Gasteiger charge is -2.51. The fraction of sp³-hybridized carbons (Fsp3) is 0.684. The van der Waals surface area contributed by atoms with Crippen molar-refractivity contribution in [3.8, 4) is 5.75 Å². The number of hydrogen-bond donors (Lipinski definition) is 1. The molecule has 3 unspecified atom stereocenters. The lowest BCUT2D eigenvalue weighted by Crippen LogP contribution is -2.51. The minimum atomic E-state index is -0.746. The Morgan fingerprint density at radius 1 is 1.14 bits per heavy atom. The number of fused-ring (bicyclic) bond motifs is 2. The Morgan fingerprint density at radius 3 is 2.33 bits per heavy atom. The fourth-order valence-electron chi connectivity index (χ4n) is 5.33. The second-order valence-corrected chi connectivity index (χ2v) is 8.07. The first-order valence-electron chi connectivity index (χ1n) is 8.05. The molecule has 2 nitrogen and oxygen atoms in total. The van der Waals surface area contributed by atoms with Gasteiger partial charge in [-0.15, -0.1) is 0 Å². The molecule has 1 aromatic carbocycles. The normalized spacial score (nSPS) is 37.0. The van der Waals surface area contributed by atoms with Crippen molar-refractivity contribution < 1.29 is 9.84 Å². The van der Waals surface area contributed by atoms with Crippen LogP contribution >= 0.6 is 0 Å². The molecular formula is C19H28O2. The van der Waals surface area contributed by atoms with Crippen LogP contribution in [-0.4, -0.2) is 12.2 Å². The Balaban J connectivity index is 2.21. The second-order valence-electron chi connectivity index (χ2n) is 8.07. The van der Waals surface area contributed by atoms with Crippen molar-refractivity contribution in [2.24, 2.45) is 16.7 Å². The van der Waals surface area contributed by atoms with Crippen LogP contribution in [0.3, 0.4) is 0 Å². The summed E-state index contributed by atoms with van der Waals surface area (Å²) in [5, 5.41) is 11.9. The highest BCUT2D eigenvalue weighted by Gasteiger charge is 2.69. The van der Waals surface area contributed by atoms with E-state index in [-0.39, 0.29) is 10.8 Å². The van der Waals surface area contributed by atoms with Gasteiger partial charge < -0.3 is 9.84 Å². The molecule has 0 amide bonds. The maximum Gasteiger partial charge on any atom is 0.122 e. The first-order valence-corrected chi connectivity index (χ1v) is 8.05. The average molecular weight is 288 g/mol. The molecule has 0 heterocycles. The highest BCUT2D eigenvalue weighted by atomic mass is 16.5. The third-order valence-corrected chi connectivity index (χ3v) is 6.70. The molecule has 2 aliphatic rings. The number of rotatable bonds is 2. The van der Waals surface area contributed by atoms with E-state index in [1.807, 2.05) is 0 Å². The van der Waals surface area contributed by atoms with Gasteiger partial charge in [0.2, 0.25) is 0 Å². The van der Waals surface area contributed by atoms with Crippen LogP contribution in [0.15, 0.2) is 12.1 Å². The summed E-state index contributed by atoms with van der Waals surface area (Å²) in [6.45, 7) is 10.9. The van der Waals surface area contributed by atoms with Gasteiger partial charge in [0.15, 0.2) is 0 Å². The molecule has 0 aromatic heterocycles. The molecule has 0 spiro atoms. The zero-order valence-corrected chi connectivity index (χ0v) is 14.2. The molecule has 0 radical (unpaired) electrons.